The van der Waals surface area contributed by atoms with Gasteiger partial charge >= 0.3 is 5.69 Å². The van der Waals surface area contributed by atoms with Gasteiger partial charge in [-0.15, -0.1) is 0 Å². The summed E-state index contributed by atoms with van der Waals surface area (Å²) in [5, 5.41) is -0.110. The Balaban J connectivity index is 3.16. The van der Waals surface area contributed by atoms with E-state index in [1.165, 1.54) is 6.07 Å². The van der Waals surface area contributed by atoms with Crippen LogP contribution in [0.25, 0.3) is 10.9 Å². The number of fused-ring (bicyclic) bond motifs is 1. The molecule has 2 N–H and O–H groups in total. The molecule has 0 aliphatic rings. The molecule has 72 valence electrons. The Morgan fingerprint density at radius 1 is 1.21 bits per heavy atom. The second-order valence-electron chi connectivity index (χ2n) is 2.69. The summed E-state index contributed by atoms with van der Waals surface area (Å²) in [6.07, 6.45) is 0. The number of benzene rings is 1. The van der Waals surface area contributed by atoms with Crippen LogP contribution < -0.4 is 11.2 Å². The molecule has 4 nitrogen and oxygen atoms in total. The Labute approximate surface area is 81.3 Å². The van der Waals surface area contributed by atoms with Crippen LogP contribution in [0.2, 0.25) is 5.02 Å². The number of aromatic amines is 2. The van der Waals surface area contributed by atoms with E-state index < -0.39 is 17.1 Å². The number of nitrogens with one attached hydrogen (secondary N) is 2. The molecule has 0 saturated carbocycles. The molecular weight excluding hydrogens is 211 g/mol. The van der Waals surface area contributed by atoms with Crippen LogP contribution in [0, 0.1) is 5.82 Å². The lowest BCUT2D eigenvalue weighted by Gasteiger charge is -1.99. The molecule has 1 aromatic carbocycles. The van der Waals surface area contributed by atoms with Gasteiger partial charge in [-0.05, 0) is 12.1 Å². The number of halogens is 2. The molecule has 14 heavy (non-hydrogen) atoms. The highest BCUT2D eigenvalue weighted by atomic mass is 35.5. The van der Waals surface area contributed by atoms with E-state index in [0.717, 1.165) is 6.07 Å². The summed E-state index contributed by atoms with van der Waals surface area (Å²) in [6.45, 7) is 0. The maximum absolute atomic E-state index is 13.2. The Morgan fingerprint density at radius 2 is 1.93 bits per heavy atom. The van der Waals surface area contributed by atoms with Gasteiger partial charge < -0.3 is 4.98 Å². The molecule has 6 heteroatoms. The lowest BCUT2D eigenvalue weighted by Crippen LogP contribution is -2.22. The summed E-state index contributed by atoms with van der Waals surface area (Å²) >= 11 is 5.68. The average molecular weight is 215 g/mol. The molecule has 0 amide bonds. The molecule has 1 aromatic heterocycles. The zero-order valence-corrected chi connectivity index (χ0v) is 7.48. The standard InChI is InChI=1S/C8H4ClFN2O2/c9-3-1-2-4(10)5-6(3)11-8(14)12-7(5)13/h1-2H,(H2,11,12,13,14). The molecule has 0 saturated heterocycles. The van der Waals surface area contributed by atoms with Crippen LogP contribution in [0.15, 0.2) is 21.7 Å². The van der Waals surface area contributed by atoms with Crippen molar-refractivity contribution in [2.75, 3.05) is 0 Å². The maximum Gasteiger partial charge on any atom is 0.326 e. The molecule has 0 aliphatic carbocycles. The molecule has 2 aromatic rings. The van der Waals surface area contributed by atoms with Crippen molar-refractivity contribution in [2.24, 2.45) is 0 Å². The molecule has 0 radical (unpaired) electrons. The molecule has 0 fully saturated rings. The van der Waals surface area contributed by atoms with Crippen LogP contribution in [-0.2, 0) is 0 Å². The normalized spacial score (nSPS) is 10.7. The van der Waals surface area contributed by atoms with Crippen molar-refractivity contribution < 1.29 is 4.39 Å². The van der Waals surface area contributed by atoms with Crippen LogP contribution in [0.5, 0.6) is 0 Å². The Morgan fingerprint density at radius 3 is 2.64 bits per heavy atom. The van der Waals surface area contributed by atoms with Crippen LogP contribution in [0.3, 0.4) is 0 Å². The van der Waals surface area contributed by atoms with Crippen LogP contribution in [0.4, 0.5) is 4.39 Å². The van der Waals surface area contributed by atoms with Gasteiger partial charge in [0.25, 0.3) is 5.56 Å². The SMILES string of the molecule is O=c1[nH]c(=O)c2c(F)ccc(Cl)c2[nH]1. The Kier molecular flexibility index (Phi) is 1.89. The highest BCUT2D eigenvalue weighted by molar-refractivity contribution is 6.34. The van der Waals surface area contributed by atoms with Crippen molar-refractivity contribution in [3.63, 3.8) is 0 Å². The summed E-state index contributed by atoms with van der Waals surface area (Å²) in [4.78, 5) is 26.2. The number of rotatable bonds is 0. The summed E-state index contributed by atoms with van der Waals surface area (Å²) in [5.41, 5.74) is -1.49. The minimum atomic E-state index is -0.788. The van der Waals surface area contributed by atoms with Crippen molar-refractivity contribution in [2.45, 2.75) is 0 Å². The second kappa shape index (κ2) is 2.95. The van der Waals surface area contributed by atoms with Crippen LogP contribution >= 0.6 is 11.6 Å². The summed E-state index contributed by atoms with van der Waals surface area (Å²) < 4.78 is 13.2. The average Bonchev–Trinajstić information content (AvgIpc) is 2.10. The van der Waals surface area contributed by atoms with Gasteiger partial charge in [0, 0.05) is 0 Å². The second-order valence-corrected chi connectivity index (χ2v) is 3.09. The van der Waals surface area contributed by atoms with Gasteiger partial charge in [-0.1, -0.05) is 11.6 Å². The van der Waals surface area contributed by atoms with Gasteiger partial charge in [-0.25, -0.2) is 9.18 Å². The summed E-state index contributed by atoms with van der Waals surface area (Å²) in [6, 6.07) is 2.34. The van der Waals surface area contributed by atoms with Gasteiger partial charge in [0.05, 0.1) is 10.5 Å². The molecule has 1 heterocycles. The van der Waals surface area contributed by atoms with Gasteiger partial charge in [-0.3, -0.25) is 9.78 Å². The quantitative estimate of drug-likeness (QED) is 0.687. The van der Waals surface area contributed by atoms with Crippen molar-refractivity contribution in [1.82, 2.24) is 9.97 Å². The molecule has 0 unspecified atom stereocenters. The third-order valence-corrected chi connectivity index (χ3v) is 2.11. The molecule has 0 atom stereocenters. The monoisotopic (exact) mass is 214 g/mol. The third kappa shape index (κ3) is 1.22. The fraction of sp³-hybridized carbons (Fsp3) is 0. The minimum absolute atomic E-state index is 0.0143. The first-order chi connectivity index (χ1) is 6.59. The van der Waals surface area contributed by atoms with Crippen molar-refractivity contribution in [3.05, 3.63) is 43.8 Å². The molecular formula is C8H4ClFN2O2. The predicted octanol–water partition coefficient (Wildman–Crippen LogP) is 1.01. The lowest BCUT2D eigenvalue weighted by molar-refractivity contribution is 0.638. The molecule has 0 bridgehead atoms. The highest BCUT2D eigenvalue weighted by Gasteiger charge is 2.09. The van der Waals surface area contributed by atoms with E-state index in [4.69, 9.17) is 11.6 Å². The zero-order chi connectivity index (χ0) is 10.3. The van der Waals surface area contributed by atoms with Gasteiger partial charge in [0.2, 0.25) is 0 Å². The zero-order valence-electron chi connectivity index (χ0n) is 6.73. The number of hydrogen-bond acceptors (Lipinski definition) is 2. The molecule has 0 aliphatic heterocycles. The van der Waals surface area contributed by atoms with E-state index in [1.807, 2.05) is 4.98 Å². The predicted molar refractivity (Wildman–Crippen MR) is 50.2 cm³/mol. The maximum atomic E-state index is 13.2. The third-order valence-electron chi connectivity index (χ3n) is 1.80. The summed E-state index contributed by atoms with van der Waals surface area (Å²) in [7, 11) is 0. The highest BCUT2D eigenvalue weighted by Crippen LogP contribution is 2.19. The largest absolute Gasteiger partial charge is 0.326 e. The van der Waals surface area contributed by atoms with E-state index in [2.05, 4.69) is 4.98 Å². The molecule has 0 spiro atoms. The lowest BCUT2D eigenvalue weighted by atomic mass is 10.2. The van der Waals surface area contributed by atoms with E-state index >= 15 is 0 Å². The van der Waals surface area contributed by atoms with Crippen molar-refractivity contribution in [1.29, 1.82) is 0 Å². The fourth-order valence-electron chi connectivity index (χ4n) is 1.21. The first-order valence-corrected chi connectivity index (χ1v) is 4.07. The Bertz CT molecular complexity index is 617. The summed E-state index contributed by atoms with van der Waals surface area (Å²) in [5.74, 6) is -0.720. The van der Waals surface area contributed by atoms with Crippen LogP contribution in [0.1, 0.15) is 0 Å². The van der Waals surface area contributed by atoms with Gasteiger partial charge in [0.1, 0.15) is 11.2 Å². The van der Waals surface area contributed by atoms with Crippen LogP contribution in [-0.4, -0.2) is 9.97 Å². The fourth-order valence-corrected chi connectivity index (χ4v) is 1.41. The number of hydrogen-bond donors (Lipinski definition) is 2. The Hall–Kier alpha value is -1.62. The van der Waals surface area contributed by atoms with E-state index in [0.29, 0.717) is 0 Å². The smallest absolute Gasteiger partial charge is 0.305 e. The topological polar surface area (TPSA) is 65.7 Å². The van der Waals surface area contributed by atoms with E-state index in [1.54, 1.807) is 0 Å². The first kappa shape index (κ1) is 8.96. The number of H-pyrrole nitrogens is 2. The van der Waals surface area contributed by atoms with E-state index in [-0.39, 0.29) is 15.9 Å². The van der Waals surface area contributed by atoms with Crippen molar-refractivity contribution in [3.8, 4) is 0 Å². The van der Waals surface area contributed by atoms with E-state index in [9.17, 15) is 14.0 Å². The number of aromatic nitrogens is 2. The van der Waals surface area contributed by atoms with Crippen molar-refractivity contribution >= 4 is 22.5 Å². The first-order valence-electron chi connectivity index (χ1n) is 3.70. The van der Waals surface area contributed by atoms with Gasteiger partial charge in [-0.2, -0.15) is 0 Å². The minimum Gasteiger partial charge on any atom is -0.305 e. The van der Waals surface area contributed by atoms with Gasteiger partial charge in [0.15, 0.2) is 0 Å². The molecule has 2 rings (SSSR count).